The molecule has 0 fully saturated rings. The van der Waals surface area contributed by atoms with Gasteiger partial charge in [-0.2, -0.15) is 0 Å². The normalized spacial score (nSPS) is 10.9. The van der Waals surface area contributed by atoms with Gasteiger partial charge in [0.15, 0.2) is 11.5 Å². The van der Waals surface area contributed by atoms with Crippen LogP contribution in [0.3, 0.4) is 0 Å². The van der Waals surface area contributed by atoms with Crippen LogP contribution in [-0.2, 0) is 11.2 Å². The number of rotatable bonds is 9. The Bertz CT molecular complexity index is 1260. The zero-order chi connectivity index (χ0) is 23.2. The van der Waals surface area contributed by atoms with E-state index in [-0.39, 0.29) is 5.91 Å². The molecule has 8 heteroatoms. The molecule has 33 heavy (non-hydrogen) atoms. The molecule has 0 radical (unpaired) electrons. The first-order valence-electron chi connectivity index (χ1n) is 10.5. The molecule has 0 aliphatic heterocycles. The number of aromatic nitrogens is 2. The maximum Gasteiger partial charge on any atom is 0.230 e. The van der Waals surface area contributed by atoms with Crippen LogP contribution in [0.5, 0.6) is 11.5 Å². The van der Waals surface area contributed by atoms with Crippen molar-refractivity contribution < 1.29 is 14.3 Å². The van der Waals surface area contributed by atoms with Crippen molar-refractivity contribution in [3.63, 3.8) is 0 Å². The van der Waals surface area contributed by atoms with Gasteiger partial charge < -0.3 is 14.8 Å². The summed E-state index contributed by atoms with van der Waals surface area (Å²) in [6, 6.07) is 16.0. The van der Waals surface area contributed by atoms with Crippen molar-refractivity contribution in [1.82, 2.24) is 15.3 Å². The number of thiophene rings is 1. The summed E-state index contributed by atoms with van der Waals surface area (Å²) in [5, 5.41) is 4.85. The van der Waals surface area contributed by atoms with Crippen molar-refractivity contribution in [1.29, 1.82) is 0 Å². The molecule has 0 aliphatic rings. The number of carbonyl (C=O) groups is 1. The Hall–Kier alpha value is -3.10. The molecular formula is C25H25N3O3S2. The second-order valence-electron chi connectivity index (χ2n) is 7.34. The van der Waals surface area contributed by atoms with Gasteiger partial charge in [0.25, 0.3) is 0 Å². The molecule has 2 aromatic heterocycles. The Morgan fingerprint density at radius 3 is 2.61 bits per heavy atom. The van der Waals surface area contributed by atoms with Crippen LogP contribution in [-0.4, -0.2) is 42.4 Å². The molecule has 6 nitrogen and oxygen atoms in total. The molecule has 1 amide bonds. The molecule has 0 saturated carbocycles. The Morgan fingerprint density at radius 2 is 1.85 bits per heavy atom. The van der Waals surface area contributed by atoms with E-state index < -0.39 is 0 Å². The first kappa shape index (κ1) is 23.1. The molecule has 2 heterocycles. The molecule has 0 unspecified atom stereocenters. The van der Waals surface area contributed by atoms with Crippen LogP contribution < -0.4 is 14.8 Å². The summed E-state index contributed by atoms with van der Waals surface area (Å²) in [4.78, 5) is 23.6. The second-order valence-corrected chi connectivity index (χ2v) is 9.50. The summed E-state index contributed by atoms with van der Waals surface area (Å²) < 4.78 is 10.6. The molecule has 170 valence electrons. The fourth-order valence-corrected chi connectivity index (χ4v) is 5.56. The number of hydrogen-bond donors (Lipinski definition) is 1. The maximum atomic E-state index is 12.5. The van der Waals surface area contributed by atoms with Gasteiger partial charge in [0.2, 0.25) is 5.91 Å². The van der Waals surface area contributed by atoms with Crippen molar-refractivity contribution in [2.75, 3.05) is 26.5 Å². The van der Waals surface area contributed by atoms with E-state index in [1.165, 1.54) is 16.6 Å². The number of nitrogens with one attached hydrogen (secondary N) is 1. The van der Waals surface area contributed by atoms with Gasteiger partial charge in [0.05, 0.1) is 25.4 Å². The summed E-state index contributed by atoms with van der Waals surface area (Å²) in [6.45, 7) is 2.64. The number of aryl methyl sites for hydroxylation is 1. The highest BCUT2D eigenvalue weighted by atomic mass is 32.2. The van der Waals surface area contributed by atoms with Gasteiger partial charge in [-0.15, -0.1) is 11.3 Å². The molecule has 4 aromatic rings. The summed E-state index contributed by atoms with van der Waals surface area (Å²) in [7, 11) is 3.23. The monoisotopic (exact) mass is 479 g/mol. The smallest absolute Gasteiger partial charge is 0.230 e. The molecule has 0 spiro atoms. The third-order valence-electron chi connectivity index (χ3n) is 5.22. The molecule has 1 N–H and O–H groups in total. The van der Waals surface area contributed by atoms with Crippen LogP contribution in [0.2, 0.25) is 0 Å². The number of hydrogen-bond acceptors (Lipinski definition) is 7. The topological polar surface area (TPSA) is 73.3 Å². The van der Waals surface area contributed by atoms with E-state index in [1.807, 2.05) is 36.4 Å². The van der Waals surface area contributed by atoms with Crippen molar-refractivity contribution >= 4 is 39.2 Å². The lowest BCUT2D eigenvalue weighted by molar-refractivity contribution is -0.118. The third kappa shape index (κ3) is 5.29. The largest absolute Gasteiger partial charge is 0.493 e. The first-order valence-corrected chi connectivity index (χ1v) is 12.3. The Balaban J connectivity index is 1.40. The van der Waals surface area contributed by atoms with Gasteiger partial charge in [-0.1, -0.05) is 48.2 Å². The van der Waals surface area contributed by atoms with Gasteiger partial charge in [-0.25, -0.2) is 9.97 Å². The number of benzene rings is 2. The molecule has 2 aromatic carbocycles. The van der Waals surface area contributed by atoms with Crippen LogP contribution in [0.25, 0.3) is 21.3 Å². The van der Waals surface area contributed by atoms with E-state index in [0.29, 0.717) is 30.2 Å². The Morgan fingerprint density at radius 1 is 1.06 bits per heavy atom. The zero-order valence-electron chi connectivity index (χ0n) is 18.8. The number of carbonyl (C=O) groups excluding carboxylic acids is 1. The van der Waals surface area contributed by atoms with E-state index in [0.717, 1.165) is 31.9 Å². The molecular weight excluding hydrogens is 454 g/mol. The van der Waals surface area contributed by atoms with Gasteiger partial charge >= 0.3 is 0 Å². The van der Waals surface area contributed by atoms with E-state index in [2.05, 4.69) is 34.3 Å². The summed E-state index contributed by atoms with van der Waals surface area (Å²) in [5.41, 5.74) is 3.35. The lowest BCUT2D eigenvalue weighted by atomic mass is 10.0. The minimum absolute atomic E-state index is 0.0274. The summed E-state index contributed by atoms with van der Waals surface area (Å²) in [6.07, 6.45) is 2.28. The average Bonchev–Trinajstić information content (AvgIpc) is 3.19. The Labute approximate surface area is 201 Å². The van der Waals surface area contributed by atoms with Crippen molar-refractivity contribution in [2.24, 2.45) is 0 Å². The highest BCUT2D eigenvalue weighted by Gasteiger charge is 2.17. The van der Waals surface area contributed by atoms with Gasteiger partial charge in [0, 0.05) is 17.0 Å². The lowest BCUT2D eigenvalue weighted by Crippen LogP contribution is -2.27. The quantitative estimate of drug-likeness (QED) is 0.265. The van der Waals surface area contributed by atoms with Crippen LogP contribution >= 0.6 is 23.1 Å². The minimum atomic E-state index is -0.0274. The highest BCUT2D eigenvalue weighted by Crippen LogP contribution is 2.41. The number of nitrogens with zero attached hydrogens (tertiary/aromatic N) is 2. The van der Waals surface area contributed by atoms with E-state index in [1.54, 1.807) is 31.9 Å². The predicted octanol–water partition coefficient (Wildman–Crippen LogP) is 5.13. The van der Waals surface area contributed by atoms with Gasteiger partial charge in [-0.3, -0.25) is 4.79 Å². The SMILES string of the molecule is COc1ccc(CCNC(=O)CSc2ncnc3sc(C)c(-c4ccccc4)c23)cc1OC. The van der Waals surface area contributed by atoms with Crippen LogP contribution in [0, 0.1) is 6.92 Å². The van der Waals surface area contributed by atoms with Crippen LogP contribution in [0.4, 0.5) is 0 Å². The minimum Gasteiger partial charge on any atom is -0.493 e. The third-order valence-corrected chi connectivity index (χ3v) is 7.22. The van der Waals surface area contributed by atoms with Crippen molar-refractivity contribution in [3.05, 3.63) is 65.3 Å². The molecule has 0 aliphatic carbocycles. The molecule has 0 bridgehead atoms. The molecule has 4 rings (SSSR count). The van der Waals surface area contributed by atoms with Crippen LogP contribution in [0.15, 0.2) is 59.9 Å². The summed E-state index contributed by atoms with van der Waals surface area (Å²) >= 11 is 3.10. The van der Waals surface area contributed by atoms with Gasteiger partial charge in [0.1, 0.15) is 16.2 Å². The lowest BCUT2D eigenvalue weighted by Gasteiger charge is -2.10. The number of amides is 1. The summed E-state index contributed by atoms with van der Waals surface area (Å²) in [5.74, 6) is 1.64. The maximum absolute atomic E-state index is 12.5. The van der Waals surface area contributed by atoms with E-state index in [9.17, 15) is 4.79 Å². The Kier molecular flexibility index (Phi) is 7.47. The number of thioether (sulfide) groups is 1. The molecule has 0 atom stereocenters. The zero-order valence-corrected chi connectivity index (χ0v) is 20.4. The van der Waals surface area contributed by atoms with Gasteiger partial charge in [-0.05, 0) is 36.6 Å². The first-order chi connectivity index (χ1) is 16.1. The fourth-order valence-electron chi connectivity index (χ4n) is 3.65. The van der Waals surface area contributed by atoms with Crippen LogP contribution in [0.1, 0.15) is 10.4 Å². The highest BCUT2D eigenvalue weighted by molar-refractivity contribution is 8.00. The van der Waals surface area contributed by atoms with E-state index in [4.69, 9.17) is 9.47 Å². The number of ether oxygens (including phenoxy) is 2. The molecule has 0 saturated heterocycles. The second kappa shape index (κ2) is 10.7. The van der Waals surface area contributed by atoms with Crippen molar-refractivity contribution in [3.8, 4) is 22.6 Å². The van der Waals surface area contributed by atoms with Crippen molar-refractivity contribution in [2.45, 2.75) is 18.4 Å². The standard InChI is InChI=1S/C25H25N3O3S2/c1-16-22(18-7-5-4-6-8-18)23-24(27-15-28-25(23)33-16)32-14-21(29)26-12-11-17-9-10-19(30-2)20(13-17)31-3/h4-10,13,15H,11-12,14H2,1-3H3,(H,26,29). The fraction of sp³-hybridized carbons (Fsp3) is 0.240. The average molecular weight is 480 g/mol. The number of methoxy groups -OCH3 is 2. The predicted molar refractivity (Wildman–Crippen MR) is 135 cm³/mol. The number of fused-ring (bicyclic) bond motifs is 1. The van der Waals surface area contributed by atoms with E-state index >= 15 is 0 Å².